The summed E-state index contributed by atoms with van der Waals surface area (Å²) in [6, 6.07) is -1.14. The van der Waals surface area contributed by atoms with Crippen LogP contribution in [-0.2, 0) is 9.59 Å². The van der Waals surface area contributed by atoms with Crippen LogP contribution in [0.15, 0.2) is 0 Å². The normalized spacial score (nSPS) is 22.0. The fourth-order valence-corrected chi connectivity index (χ4v) is 2.57. The molecule has 1 heterocycles. The molecule has 3 amide bonds. The second-order valence-corrected chi connectivity index (χ2v) is 5.80. The van der Waals surface area contributed by atoms with E-state index in [1.54, 1.807) is 0 Å². The topological polar surface area (TPSA) is 98.7 Å². The van der Waals surface area contributed by atoms with Gasteiger partial charge in [0.05, 0.1) is 0 Å². The van der Waals surface area contributed by atoms with Gasteiger partial charge in [0.15, 0.2) is 0 Å². The highest BCUT2D eigenvalue weighted by Gasteiger charge is 2.36. The van der Waals surface area contributed by atoms with Crippen LogP contribution in [0.1, 0.15) is 40.0 Å². The maximum atomic E-state index is 12.1. The van der Waals surface area contributed by atoms with Crippen LogP contribution in [0.4, 0.5) is 4.79 Å². The van der Waals surface area contributed by atoms with Crippen LogP contribution < -0.4 is 10.6 Å². The number of urea groups is 1. The summed E-state index contributed by atoms with van der Waals surface area (Å²) in [6.45, 7) is 6.21. The van der Waals surface area contributed by atoms with Crippen molar-refractivity contribution < 1.29 is 19.5 Å². The Bertz CT molecular complexity index is 398. The summed E-state index contributed by atoms with van der Waals surface area (Å²) < 4.78 is 0. The molecule has 1 rings (SSSR count). The molecule has 1 aliphatic heterocycles. The Morgan fingerprint density at radius 1 is 1.33 bits per heavy atom. The minimum Gasteiger partial charge on any atom is -0.480 e. The van der Waals surface area contributed by atoms with Crippen molar-refractivity contribution in [1.29, 1.82) is 0 Å². The summed E-state index contributed by atoms with van der Waals surface area (Å²) >= 11 is 0. The zero-order chi connectivity index (χ0) is 16.0. The molecule has 0 spiro atoms. The minimum atomic E-state index is -0.977. The van der Waals surface area contributed by atoms with Gasteiger partial charge in [-0.2, -0.15) is 0 Å². The van der Waals surface area contributed by atoms with Crippen molar-refractivity contribution in [1.82, 2.24) is 15.5 Å². The second kappa shape index (κ2) is 7.85. The third-order valence-electron chi connectivity index (χ3n) is 3.53. The first-order chi connectivity index (χ1) is 9.82. The number of rotatable bonds is 5. The van der Waals surface area contributed by atoms with Crippen molar-refractivity contribution in [3.05, 3.63) is 0 Å². The van der Waals surface area contributed by atoms with Crippen LogP contribution in [0.25, 0.3) is 0 Å². The largest absolute Gasteiger partial charge is 0.480 e. The first-order valence-electron chi connectivity index (χ1n) is 7.39. The van der Waals surface area contributed by atoms with Crippen molar-refractivity contribution in [3.8, 4) is 0 Å². The van der Waals surface area contributed by atoms with Gasteiger partial charge in [-0.05, 0) is 32.6 Å². The summed E-state index contributed by atoms with van der Waals surface area (Å²) in [5.41, 5.74) is 0. The van der Waals surface area contributed by atoms with Gasteiger partial charge in [-0.25, -0.2) is 9.59 Å². The van der Waals surface area contributed by atoms with E-state index in [2.05, 4.69) is 10.6 Å². The van der Waals surface area contributed by atoms with Gasteiger partial charge >= 0.3 is 12.0 Å². The van der Waals surface area contributed by atoms with Crippen molar-refractivity contribution in [2.75, 3.05) is 13.1 Å². The molecule has 0 aromatic carbocycles. The van der Waals surface area contributed by atoms with Crippen molar-refractivity contribution in [2.24, 2.45) is 5.92 Å². The van der Waals surface area contributed by atoms with Gasteiger partial charge in [0.1, 0.15) is 6.04 Å². The highest BCUT2D eigenvalue weighted by atomic mass is 16.4. The summed E-state index contributed by atoms with van der Waals surface area (Å²) in [5.74, 6) is -1.17. The van der Waals surface area contributed by atoms with Crippen LogP contribution in [-0.4, -0.2) is 53.1 Å². The van der Waals surface area contributed by atoms with E-state index in [1.165, 1.54) is 4.90 Å². The van der Waals surface area contributed by atoms with Gasteiger partial charge in [-0.1, -0.05) is 6.92 Å². The molecule has 1 aliphatic rings. The SMILES string of the molecule is CC(C)NC(=O)CCNC(=O)N1CCCC(C)C1C(=O)O. The van der Waals surface area contributed by atoms with Gasteiger partial charge in [0.2, 0.25) is 5.91 Å². The molecule has 7 nitrogen and oxygen atoms in total. The molecule has 3 N–H and O–H groups in total. The molecule has 0 bridgehead atoms. The van der Waals surface area contributed by atoms with Gasteiger partial charge < -0.3 is 20.6 Å². The molecule has 0 saturated carbocycles. The van der Waals surface area contributed by atoms with Crippen LogP contribution in [0.2, 0.25) is 0 Å². The second-order valence-electron chi connectivity index (χ2n) is 5.80. The molecule has 21 heavy (non-hydrogen) atoms. The Morgan fingerprint density at radius 3 is 2.57 bits per heavy atom. The summed E-state index contributed by atoms with van der Waals surface area (Å²) in [5, 5.41) is 14.6. The van der Waals surface area contributed by atoms with E-state index in [4.69, 9.17) is 0 Å². The number of piperidine rings is 1. The molecule has 0 aromatic heterocycles. The van der Waals surface area contributed by atoms with E-state index in [-0.39, 0.29) is 30.8 Å². The lowest BCUT2D eigenvalue weighted by atomic mass is 9.91. The predicted octanol–water partition coefficient (Wildman–Crippen LogP) is 0.796. The zero-order valence-electron chi connectivity index (χ0n) is 12.9. The monoisotopic (exact) mass is 299 g/mol. The van der Waals surface area contributed by atoms with E-state index in [0.717, 1.165) is 12.8 Å². The van der Waals surface area contributed by atoms with Crippen LogP contribution in [0.3, 0.4) is 0 Å². The third-order valence-corrected chi connectivity index (χ3v) is 3.53. The summed E-state index contributed by atoms with van der Waals surface area (Å²) in [6.07, 6.45) is 1.79. The van der Waals surface area contributed by atoms with Gasteiger partial charge in [-0.3, -0.25) is 4.79 Å². The molecular formula is C14H25N3O4. The molecule has 1 saturated heterocycles. The quantitative estimate of drug-likeness (QED) is 0.699. The minimum absolute atomic E-state index is 0.0625. The first kappa shape index (κ1) is 17.3. The van der Waals surface area contributed by atoms with E-state index in [9.17, 15) is 19.5 Å². The lowest BCUT2D eigenvalue weighted by molar-refractivity contribution is -0.145. The predicted molar refractivity (Wildman–Crippen MR) is 77.8 cm³/mol. The molecular weight excluding hydrogens is 274 g/mol. The van der Waals surface area contributed by atoms with Gasteiger partial charge in [0, 0.05) is 25.6 Å². The number of nitrogens with zero attached hydrogens (tertiary/aromatic N) is 1. The van der Waals surface area contributed by atoms with Crippen LogP contribution in [0.5, 0.6) is 0 Å². The molecule has 1 fully saturated rings. The summed E-state index contributed by atoms with van der Waals surface area (Å²) in [7, 11) is 0. The van der Waals surface area contributed by atoms with E-state index in [0.29, 0.717) is 6.54 Å². The zero-order valence-corrected chi connectivity index (χ0v) is 12.9. The first-order valence-corrected chi connectivity index (χ1v) is 7.39. The third kappa shape index (κ3) is 5.24. The van der Waals surface area contributed by atoms with E-state index >= 15 is 0 Å². The van der Waals surface area contributed by atoms with Crippen LogP contribution in [0, 0.1) is 5.92 Å². The Labute approximate surface area is 125 Å². The van der Waals surface area contributed by atoms with Crippen molar-refractivity contribution in [3.63, 3.8) is 0 Å². The van der Waals surface area contributed by atoms with Crippen molar-refractivity contribution in [2.45, 2.75) is 52.1 Å². The molecule has 2 atom stereocenters. The maximum absolute atomic E-state index is 12.1. The van der Waals surface area contributed by atoms with Crippen LogP contribution >= 0.6 is 0 Å². The molecule has 0 aliphatic carbocycles. The molecule has 7 heteroatoms. The molecule has 0 aromatic rings. The number of hydrogen-bond acceptors (Lipinski definition) is 3. The Kier molecular flexibility index (Phi) is 6.45. The van der Waals surface area contributed by atoms with Gasteiger partial charge in [0.25, 0.3) is 0 Å². The van der Waals surface area contributed by atoms with E-state index in [1.807, 2.05) is 20.8 Å². The lowest BCUT2D eigenvalue weighted by Gasteiger charge is -2.37. The molecule has 0 radical (unpaired) electrons. The number of nitrogens with one attached hydrogen (secondary N) is 2. The fraction of sp³-hybridized carbons (Fsp3) is 0.786. The number of carboxylic acid groups (broad SMARTS) is 1. The lowest BCUT2D eigenvalue weighted by Crippen LogP contribution is -2.55. The molecule has 2 unspecified atom stereocenters. The number of likely N-dealkylation sites (tertiary alicyclic amines) is 1. The number of carbonyl (C=O) groups excluding carboxylic acids is 2. The number of carbonyl (C=O) groups is 3. The Morgan fingerprint density at radius 2 is 2.00 bits per heavy atom. The Balaban J connectivity index is 2.46. The molecule has 120 valence electrons. The van der Waals surface area contributed by atoms with Gasteiger partial charge in [-0.15, -0.1) is 0 Å². The van der Waals surface area contributed by atoms with E-state index < -0.39 is 18.0 Å². The number of carboxylic acids is 1. The fourth-order valence-electron chi connectivity index (χ4n) is 2.57. The highest BCUT2D eigenvalue weighted by molar-refractivity contribution is 5.83. The maximum Gasteiger partial charge on any atom is 0.326 e. The number of amides is 3. The summed E-state index contributed by atoms with van der Waals surface area (Å²) in [4.78, 5) is 36.2. The number of aliphatic carboxylic acids is 1. The highest BCUT2D eigenvalue weighted by Crippen LogP contribution is 2.23. The average molecular weight is 299 g/mol. The Hall–Kier alpha value is -1.79. The smallest absolute Gasteiger partial charge is 0.326 e. The number of hydrogen-bond donors (Lipinski definition) is 3. The average Bonchev–Trinajstić information content (AvgIpc) is 2.36. The van der Waals surface area contributed by atoms with Crippen molar-refractivity contribution >= 4 is 17.9 Å². The standard InChI is InChI=1S/C14H25N3O4/c1-9(2)16-11(18)6-7-15-14(21)17-8-4-5-10(3)12(17)13(19)20/h9-10,12H,4-8H2,1-3H3,(H,15,21)(H,16,18)(H,19,20).